The van der Waals surface area contributed by atoms with Crippen molar-refractivity contribution < 1.29 is 22.9 Å². The van der Waals surface area contributed by atoms with Gasteiger partial charge in [-0.05, 0) is 42.8 Å². The summed E-state index contributed by atoms with van der Waals surface area (Å²) < 4.78 is 40.0. The number of hydrogen-bond donors (Lipinski definition) is 1. The first-order valence-electron chi connectivity index (χ1n) is 9.55. The van der Waals surface area contributed by atoms with E-state index >= 15 is 0 Å². The van der Waals surface area contributed by atoms with E-state index in [0.717, 1.165) is 0 Å². The molecule has 1 heterocycles. The van der Waals surface area contributed by atoms with E-state index in [1.165, 1.54) is 37.9 Å². The first-order chi connectivity index (χ1) is 15.3. The van der Waals surface area contributed by atoms with E-state index in [-0.39, 0.29) is 24.1 Å². The van der Waals surface area contributed by atoms with Gasteiger partial charge in [0.2, 0.25) is 5.95 Å². The number of aromatic nitrogens is 3. The molecule has 0 saturated heterocycles. The van der Waals surface area contributed by atoms with E-state index in [1.54, 1.807) is 31.2 Å². The van der Waals surface area contributed by atoms with Crippen LogP contribution >= 0.6 is 0 Å². The molecule has 0 fully saturated rings. The number of hydrogen-bond acceptors (Lipinski definition) is 8. The highest BCUT2D eigenvalue weighted by molar-refractivity contribution is 7.92. The minimum absolute atomic E-state index is 0.0598. The van der Waals surface area contributed by atoms with E-state index in [4.69, 9.17) is 9.47 Å². The molecule has 0 aliphatic carbocycles. The molecule has 11 heteroatoms. The molecule has 0 bridgehead atoms. The maximum Gasteiger partial charge on any atom is 0.441 e. The molecule has 2 aromatic carbocycles. The van der Waals surface area contributed by atoms with Crippen LogP contribution in [-0.4, -0.2) is 45.2 Å². The largest absolute Gasteiger partial charge is 0.496 e. The lowest BCUT2D eigenvalue weighted by atomic mass is 10.2. The summed E-state index contributed by atoms with van der Waals surface area (Å²) in [6, 6.07) is 11.1. The lowest BCUT2D eigenvalue weighted by Gasteiger charge is -2.10. The molecule has 1 aromatic heterocycles. The predicted octanol–water partition coefficient (Wildman–Crippen LogP) is 4.18. The minimum atomic E-state index is -2.82. The number of anilines is 2. The molecule has 1 atom stereocenters. The molecule has 0 aliphatic rings. The second-order valence-electron chi connectivity index (χ2n) is 6.70. The fourth-order valence-electron chi connectivity index (χ4n) is 2.86. The van der Waals surface area contributed by atoms with Crippen LogP contribution in [0.25, 0.3) is 11.4 Å². The molecule has 0 spiro atoms. The summed E-state index contributed by atoms with van der Waals surface area (Å²) in [5.74, 6) is 0.504. The van der Waals surface area contributed by atoms with Gasteiger partial charge in [-0.1, -0.05) is 12.1 Å². The number of carbonyl (C=O) groups is 1. The van der Waals surface area contributed by atoms with Gasteiger partial charge in [-0.15, -0.1) is 4.36 Å². The molecule has 1 unspecified atom stereocenters. The molecule has 3 rings (SSSR count). The maximum atomic E-state index is 13.7. The number of halogens is 1. The quantitative estimate of drug-likeness (QED) is 0.559. The molecule has 0 aliphatic heterocycles. The van der Waals surface area contributed by atoms with Gasteiger partial charge in [0.15, 0.2) is 5.82 Å². The van der Waals surface area contributed by atoms with Crippen LogP contribution in [0.15, 0.2) is 53.2 Å². The van der Waals surface area contributed by atoms with Crippen LogP contribution in [-0.2, 0) is 20.2 Å². The van der Waals surface area contributed by atoms with Crippen LogP contribution in [0.2, 0.25) is 0 Å². The second-order valence-corrected chi connectivity index (χ2v) is 9.09. The number of ether oxygens (including phenoxy) is 2. The summed E-state index contributed by atoms with van der Waals surface area (Å²) >= 11 is 0. The highest BCUT2D eigenvalue weighted by Crippen LogP contribution is 2.28. The average Bonchev–Trinajstić information content (AvgIpc) is 2.73. The zero-order valence-electron chi connectivity index (χ0n) is 17.7. The Hall–Kier alpha value is -3.60. The maximum absolute atomic E-state index is 13.7. The van der Waals surface area contributed by atoms with E-state index in [1.807, 2.05) is 0 Å². The fraction of sp³-hybridized carbons (Fsp3) is 0.238. The smallest absolute Gasteiger partial charge is 0.441 e. The Morgan fingerprint density at radius 1 is 1.22 bits per heavy atom. The Balaban J connectivity index is 1.82. The monoisotopic (exact) mass is 459 g/mol. The molecule has 1 N–H and O–H groups in total. The van der Waals surface area contributed by atoms with Crippen molar-refractivity contribution in [3.05, 3.63) is 60.2 Å². The van der Waals surface area contributed by atoms with Crippen LogP contribution < -0.4 is 10.1 Å². The first-order valence-corrected chi connectivity index (χ1v) is 11.6. The number of carbonyl (C=O) groups excluding carboxylic acids is 1. The van der Waals surface area contributed by atoms with Crippen LogP contribution in [0, 0.1) is 5.82 Å². The Kier molecular flexibility index (Phi) is 7.31. The molecule has 0 saturated carbocycles. The van der Waals surface area contributed by atoms with Crippen molar-refractivity contribution >= 4 is 27.5 Å². The van der Waals surface area contributed by atoms with Crippen molar-refractivity contribution in [1.82, 2.24) is 15.0 Å². The molecule has 9 nitrogen and oxygen atoms in total. The molecule has 1 amide bonds. The number of benzene rings is 2. The molecular weight excluding hydrogens is 437 g/mol. The van der Waals surface area contributed by atoms with Gasteiger partial charge < -0.3 is 14.8 Å². The van der Waals surface area contributed by atoms with E-state index in [0.29, 0.717) is 22.6 Å². The van der Waals surface area contributed by atoms with Crippen molar-refractivity contribution in [3.8, 4) is 17.1 Å². The SMILES string of the molecule is CCOC(=O)N=S(C)(=O)Cc1cccc(Nc2ncnc(-c3cc(F)ccc3OC)n2)c1. The van der Waals surface area contributed by atoms with Crippen molar-refractivity contribution in [3.63, 3.8) is 0 Å². The highest BCUT2D eigenvalue weighted by Gasteiger charge is 2.12. The van der Waals surface area contributed by atoms with Gasteiger partial charge in [0, 0.05) is 11.9 Å². The molecule has 3 aromatic rings. The van der Waals surface area contributed by atoms with Gasteiger partial charge in [-0.3, -0.25) is 0 Å². The van der Waals surface area contributed by atoms with Gasteiger partial charge in [0.05, 0.1) is 34.8 Å². The van der Waals surface area contributed by atoms with Crippen LogP contribution in [0.4, 0.5) is 20.8 Å². The Labute approximate surface area is 185 Å². The number of nitrogens with one attached hydrogen (secondary N) is 1. The zero-order valence-corrected chi connectivity index (χ0v) is 18.6. The van der Waals surface area contributed by atoms with Crippen LogP contribution in [0.3, 0.4) is 0 Å². The predicted molar refractivity (Wildman–Crippen MR) is 119 cm³/mol. The fourth-order valence-corrected chi connectivity index (χ4v) is 4.09. The Morgan fingerprint density at radius 3 is 2.78 bits per heavy atom. The van der Waals surface area contributed by atoms with Crippen LogP contribution in [0.1, 0.15) is 12.5 Å². The number of rotatable bonds is 7. The summed E-state index contributed by atoms with van der Waals surface area (Å²) in [6.07, 6.45) is 1.85. The third-order valence-corrected chi connectivity index (χ3v) is 5.53. The molecule has 168 valence electrons. The van der Waals surface area contributed by atoms with Gasteiger partial charge in [-0.2, -0.15) is 4.98 Å². The van der Waals surface area contributed by atoms with E-state index in [2.05, 4.69) is 24.6 Å². The van der Waals surface area contributed by atoms with Gasteiger partial charge >= 0.3 is 6.09 Å². The molecule has 32 heavy (non-hydrogen) atoms. The van der Waals surface area contributed by atoms with Crippen molar-refractivity contribution in [2.45, 2.75) is 12.7 Å². The summed E-state index contributed by atoms with van der Waals surface area (Å²) in [4.78, 5) is 24.1. The number of methoxy groups -OCH3 is 1. The van der Waals surface area contributed by atoms with Gasteiger partial charge in [-0.25, -0.2) is 23.4 Å². The third kappa shape index (κ3) is 6.20. The number of amides is 1. The van der Waals surface area contributed by atoms with Gasteiger partial charge in [0.25, 0.3) is 0 Å². The molecular formula is C21H22FN5O4S. The lowest BCUT2D eigenvalue weighted by molar-refractivity contribution is 0.164. The summed E-state index contributed by atoms with van der Waals surface area (Å²) in [5, 5.41) is 3.04. The van der Waals surface area contributed by atoms with Crippen molar-refractivity contribution in [2.24, 2.45) is 4.36 Å². The van der Waals surface area contributed by atoms with Crippen LogP contribution in [0.5, 0.6) is 5.75 Å². The summed E-state index contributed by atoms with van der Waals surface area (Å²) in [7, 11) is -1.34. The Bertz CT molecular complexity index is 1240. The zero-order chi connectivity index (χ0) is 23.1. The summed E-state index contributed by atoms with van der Waals surface area (Å²) in [5.41, 5.74) is 1.70. The van der Waals surface area contributed by atoms with Crippen molar-refractivity contribution in [2.75, 3.05) is 25.3 Å². The standard InChI is InChI=1S/C21H22FN5O4S/c1-4-31-21(28)27-32(3,29)12-14-6-5-7-16(10-14)25-20-24-13-23-19(26-20)17-11-15(22)8-9-18(17)30-2/h5-11,13H,4,12H2,1-3H3,(H,23,24,25,26). The average molecular weight is 460 g/mol. The molecule has 0 radical (unpaired) electrons. The lowest BCUT2D eigenvalue weighted by Crippen LogP contribution is -2.07. The Morgan fingerprint density at radius 2 is 2.03 bits per heavy atom. The van der Waals surface area contributed by atoms with E-state index < -0.39 is 21.6 Å². The third-order valence-electron chi connectivity index (χ3n) is 4.13. The topological polar surface area (TPSA) is 116 Å². The summed E-state index contributed by atoms with van der Waals surface area (Å²) in [6.45, 7) is 1.81. The van der Waals surface area contributed by atoms with E-state index in [9.17, 15) is 13.4 Å². The highest BCUT2D eigenvalue weighted by atomic mass is 32.2. The van der Waals surface area contributed by atoms with Crippen molar-refractivity contribution in [1.29, 1.82) is 0 Å². The minimum Gasteiger partial charge on any atom is -0.496 e. The normalized spacial score (nSPS) is 12.5. The first kappa shape index (κ1) is 23.1. The van der Waals surface area contributed by atoms with Gasteiger partial charge in [0.1, 0.15) is 17.9 Å². The second kappa shape index (κ2) is 10.1. The number of nitrogens with zero attached hydrogens (tertiary/aromatic N) is 4.